The summed E-state index contributed by atoms with van der Waals surface area (Å²) in [6.45, 7) is 0. The molecule has 26 heavy (non-hydrogen) atoms. The lowest BCUT2D eigenvalue weighted by molar-refractivity contribution is 0.387. The van der Waals surface area contributed by atoms with Gasteiger partial charge in [0.1, 0.15) is 16.5 Å². The van der Waals surface area contributed by atoms with Crippen molar-refractivity contribution in [3.05, 3.63) is 72.3 Å². The molecule has 0 N–H and O–H groups in total. The second kappa shape index (κ2) is 7.13. The molecule has 0 saturated heterocycles. The van der Waals surface area contributed by atoms with E-state index in [1.807, 2.05) is 24.3 Å². The van der Waals surface area contributed by atoms with Crippen LogP contribution < -0.4 is 4.74 Å². The molecule has 0 aliphatic rings. The third-order valence-corrected chi connectivity index (χ3v) is 4.85. The summed E-state index contributed by atoms with van der Waals surface area (Å²) in [5, 5.41) is 5.48. The van der Waals surface area contributed by atoms with Crippen molar-refractivity contribution < 1.29 is 9.13 Å². The summed E-state index contributed by atoms with van der Waals surface area (Å²) in [7, 11) is 1.58. The van der Waals surface area contributed by atoms with Crippen molar-refractivity contribution in [2.24, 2.45) is 0 Å². The van der Waals surface area contributed by atoms with Crippen molar-refractivity contribution in [2.75, 3.05) is 7.11 Å². The lowest BCUT2D eigenvalue weighted by Gasteiger charge is -2.04. The first-order chi connectivity index (χ1) is 12.7. The molecule has 4 aromatic rings. The maximum atomic E-state index is 13.2. The first-order valence-corrected chi connectivity index (χ1v) is 8.94. The molecule has 0 aliphatic carbocycles. The van der Waals surface area contributed by atoms with Crippen LogP contribution in [0.3, 0.4) is 0 Å². The largest absolute Gasteiger partial charge is 0.479 e. The molecule has 0 unspecified atom stereocenters. The predicted octanol–water partition coefficient (Wildman–Crippen LogP) is 4.23. The fraction of sp³-hybridized carbons (Fsp3) is 0.105. The number of halogens is 1. The molecule has 1 aromatic carbocycles. The second-order valence-corrected chi connectivity index (χ2v) is 6.56. The molecular weight excluding hydrogens is 351 g/mol. The van der Waals surface area contributed by atoms with E-state index >= 15 is 0 Å². The molecule has 7 heteroatoms. The molecule has 0 saturated carbocycles. The summed E-state index contributed by atoms with van der Waals surface area (Å²) in [4.78, 5) is 8.60. The van der Waals surface area contributed by atoms with Gasteiger partial charge in [0.15, 0.2) is 5.65 Å². The van der Waals surface area contributed by atoms with E-state index in [1.165, 1.54) is 17.7 Å². The van der Waals surface area contributed by atoms with E-state index in [1.54, 1.807) is 47.9 Å². The molecule has 0 atom stereocenters. The van der Waals surface area contributed by atoms with Gasteiger partial charge in [-0.05, 0) is 54.1 Å². The van der Waals surface area contributed by atoms with Gasteiger partial charge in [-0.15, -0.1) is 0 Å². The van der Waals surface area contributed by atoms with Gasteiger partial charge in [-0.25, -0.2) is 9.37 Å². The van der Waals surface area contributed by atoms with E-state index in [0.717, 1.165) is 16.3 Å². The molecule has 0 amide bonds. The van der Waals surface area contributed by atoms with E-state index in [4.69, 9.17) is 4.74 Å². The molecule has 0 aliphatic heterocycles. The van der Waals surface area contributed by atoms with Crippen molar-refractivity contribution in [3.8, 4) is 17.1 Å². The van der Waals surface area contributed by atoms with E-state index in [-0.39, 0.29) is 5.82 Å². The van der Waals surface area contributed by atoms with E-state index in [2.05, 4.69) is 15.1 Å². The zero-order valence-corrected chi connectivity index (χ0v) is 14.8. The summed E-state index contributed by atoms with van der Waals surface area (Å²) in [6, 6.07) is 14.0. The van der Waals surface area contributed by atoms with Gasteiger partial charge >= 0.3 is 0 Å². The van der Waals surface area contributed by atoms with Crippen molar-refractivity contribution >= 4 is 17.4 Å². The lowest BCUT2D eigenvalue weighted by Crippen LogP contribution is -1.97. The SMILES string of the molecule is COc1c(-c2ccc(F)cc2)nc2ccc(SCc3ccncc3)nn12. The Hall–Kier alpha value is -2.93. The van der Waals surface area contributed by atoms with Crippen LogP contribution in [0.2, 0.25) is 0 Å². The highest BCUT2D eigenvalue weighted by Crippen LogP contribution is 2.31. The van der Waals surface area contributed by atoms with Gasteiger partial charge in [0, 0.05) is 23.7 Å². The Kier molecular flexibility index (Phi) is 4.53. The van der Waals surface area contributed by atoms with E-state index in [9.17, 15) is 4.39 Å². The second-order valence-electron chi connectivity index (χ2n) is 5.56. The van der Waals surface area contributed by atoms with Gasteiger partial charge < -0.3 is 4.74 Å². The van der Waals surface area contributed by atoms with Crippen molar-refractivity contribution in [3.63, 3.8) is 0 Å². The topological polar surface area (TPSA) is 52.3 Å². The van der Waals surface area contributed by atoms with E-state index in [0.29, 0.717) is 17.2 Å². The first-order valence-electron chi connectivity index (χ1n) is 7.96. The fourth-order valence-electron chi connectivity index (χ4n) is 2.59. The Morgan fingerprint density at radius 2 is 1.81 bits per heavy atom. The van der Waals surface area contributed by atoms with Gasteiger partial charge in [-0.1, -0.05) is 11.8 Å². The summed E-state index contributed by atoms with van der Waals surface area (Å²) < 4.78 is 20.4. The zero-order chi connectivity index (χ0) is 17.9. The molecule has 0 radical (unpaired) electrons. The lowest BCUT2D eigenvalue weighted by atomic mass is 10.1. The third kappa shape index (κ3) is 3.25. The first kappa shape index (κ1) is 16.5. The molecule has 0 fully saturated rings. The number of benzene rings is 1. The number of rotatable bonds is 5. The molecular formula is C19H15FN4OS. The number of thioether (sulfide) groups is 1. The van der Waals surface area contributed by atoms with Crippen molar-refractivity contribution in [1.82, 2.24) is 19.6 Å². The van der Waals surface area contributed by atoms with Crippen LogP contribution in [-0.2, 0) is 5.75 Å². The highest BCUT2D eigenvalue weighted by atomic mass is 32.2. The summed E-state index contributed by atoms with van der Waals surface area (Å²) in [5.41, 5.74) is 3.27. The number of ether oxygens (including phenoxy) is 1. The Morgan fingerprint density at radius 1 is 1.04 bits per heavy atom. The number of hydrogen-bond acceptors (Lipinski definition) is 5. The maximum Gasteiger partial charge on any atom is 0.243 e. The van der Waals surface area contributed by atoms with Gasteiger partial charge in [-0.2, -0.15) is 9.61 Å². The number of aromatic nitrogens is 4. The summed E-state index contributed by atoms with van der Waals surface area (Å²) in [5.74, 6) is 1.03. The minimum Gasteiger partial charge on any atom is -0.479 e. The Balaban J connectivity index is 1.68. The van der Waals surface area contributed by atoms with Crippen LogP contribution in [0.15, 0.2) is 66.0 Å². The molecule has 0 spiro atoms. The molecule has 130 valence electrons. The van der Waals surface area contributed by atoms with Gasteiger partial charge in [0.05, 0.1) is 7.11 Å². The highest BCUT2D eigenvalue weighted by Gasteiger charge is 2.16. The average Bonchev–Trinajstić information content (AvgIpc) is 3.05. The minimum atomic E-state index is -0.288. The monoisotopic (exact) mass is 366 g/mol. The minimum absolute atomic E-state index is 0.288. The quantitative estimate of drug-likeness (QED) is 0.495. The smallest absolute Gasteiger partial charge is 0.243 e. The summed E-state index contributed by atoms with van der Waals surface area (Å²) >= 11 is 1.62. The van der Waals surface area contributed by atoms with Crippen LogP contribution in [0.1, 0.15) is 5.56 Å². The van der Waals surface area contributed by atoms with Crippen LogP contribution in [0.5, 0.6) is 5.88 Å². The van der Waals surface area contributed by atoms with Crippen LogP contribution >= 0.6 is 11.8 Å². The molecule has 3 heterocycles. The number of fused-ring (bicyclic) bond motifs is 1. The average molecular weight is 366 g/mol. The number of pyridine rings is 1. The Labute approximate surface area is 153 Å². The molecule has 5 nitrogen and oxygen atoms in total. The van der Waals surface area contributed by atoms with Crippen molar-refractivity contribution in [1.29, 1.82) is 0 Å². The standard InChI is InChI=1S/C19H15FN4OS/c1-25-19-18(14-2-4-15(20)5-3-14)22-16-6-7-17(23-24(16)19)26-12-13-8-10-21-11-9-13/h2-11H,12H2,1H3. The molecule has 3 aromatic heterocycles. The fourth-order valence-corrected chi connectivity index (χ4v) is 3.40. The zero-order valence-electron chi connectivity index (χ0n) is 14.0. The van der Waals surface area contributed by atoms with Crippen molar-refractivity contribution in [2.45, 2.75) is 10.8 Å². The number of methoxy groups -OCH3 is 1. The van der Waals surface area contributed by atoms with Gasteiger partial charge in [-0.3, -0.25) is 4.98 Å². The number of nitrogens with zero attached hydrogens (tertiary/aromatic N) is 4. The van der Waals surface area contributed by atoms with Gasteiger partial charge in [0.25, 0.3) is 0 Å². The van der Waals surface area contributed by atoms with Gasteiger partial charge in [0.2, 0.25) is 5.88 Å². The van der Waals surface area contributed by atoms with Crippen LogP contribution in [-0.4, -0.2) is 26.7 Å². The highest BCUT2D eigenvalue weighted by molar-refractivity contribution is 7.98. The third-order valence-electron chi connectivity index (χ3n) is 3.86. The molecule has 4 rings (SSSR count). The summed E-state index contributed by atoms with van der Waals surface area (Å²) in [6.07, 6.45) is 3.56. The van der Waals surface area contributed by atoms with Crippen LogP contribution in [0, 0.1) is 5.82 Å². The predicted molar refractivity (Wildman–Crippen MR) is 98.7 cm³/mol. The van der Waals surface area contributed by atoms with Crippen LogP contribution in [0.25, 0.3) is 16.9 Å². The normalized spacial score (nSPS) is 11.0. The van der Waals surface area contributed by atoms with E-state index < -0.39 is 0 Å². The Morgan fingerprint density at radius 3 is 2.54 bits per heavy atom. The maximum absolute atomic E-state index is 13.2. The number of imidazole rings is 1. The molecule has 0 bridgehead atoms. The number of hydrogen-bond donors (Lipinski definition) is 0. The Bertz CT molecular complexity index is 1030. The van der Waals surface area contributed by atoms with Crippen LogP contribution in [0.4, 0.5) is 4.39 Å².